The molecule has 0 aliphatic heterocycles. The molecule has 0 fully saturated rings. The first kappa shape index (κ1) is 21.1. The summed E-state index contributed by atoms with van der Waals surface area (Å²) < 4.78 is 7.45. The zero-order chi connectivity index (χ0) is 20.8. The van der Waals surface area contributed by atoms with Crippen LogP contribution in [0.1, 0.15) is 22.3 Å². The summed E-state index contributed by atoms with van der Waals surface area (Å²) in [5.41, 5.74) is 3.50. The number of ether oxygens (including phenoxy) is 1. The Kier molecular flexibility index (Phi) is 7.12. The van der Waals surface area contributed by atoms with E-state index in [0.29, 0.717) is 34.1 Å². The predicted octanol–water partition coefficient (Wildman–Crippen LogP) is 7.38. The van der Waals surface area contributed by atoms with Crippen molar-refractivity contribution in [3.8, 4) is 17.9 Å². The molecule has 0 unspecified atom stereocenters. The third-order valence-electron chi connectivity index (χ3n) is 4.05. The third-order valence-corrected chi connectivity index (χ3v) is 5.48. The third kappa shape index (κ3) is 5.49. The molecule has 6 heteroatoms. The smallest absolute Gasteiger partial charge is 0.148 e. The molecule has 142 valence electrons. The van der Waals surface area contributed by atoms with Crippen LogP contribution < -0.4 is 4.74 Å². The number of nitrogens with zero attached hydrogens (tertiary/aromatic N) is 2. The largest absolute Gasteiger partial charge is 0.487 e. The van der Waals surface area contributed by atoms with Crippen molar-refractivity contribution in [2.24, 2.45) is 0 Å². The van der Waals surface area contributed by atoms with E-state index in [2.05, 4.69) is 44.0 Å². The van der Waals surface area contributed by atoms with Crippen LogP contribution in [0.5, 0.6) is 5.75 Å². The molecule has 0 aliphatic rings. The van der Waals surface area contributed by atoms with Crippen molar-refractivity contribution >= 4 is 55.1 Å². The van der Waals surface area contributed by atoms with E-state index in [1.54, 1.807) is 24.3 Å². The standard InChI is InChI=1S/C23H13Br2ClN2O/c24-21-10-17(9-19(13-28)18-3-1-2-16(8-18)12-27)11-22(25)23(21)29-14-15-4-6-20(26)7-5-15/h1-11H,14H2. The van der Waals surface area contributed by atoms with E-state index in [9.17, 15) is 5.26 Å². The zero-order valence-electron chi connectivity index (χ0n) is 15.0. The average Bonchev–Trinajstić information content (AvgIpc) is 2.72. The van der Waals surface area contributed by atoms with Crippen LogP contribution in [-0.2, 0) is 6.61 Å². The molecular formula is C23H13Br2ClN2O. The van der Waals surface area contributed by atoms with Crippen LogP contribution in [0.3, 0.4) is 0 Å². The van der Waals surface area contributed by atoms with Gasteiger partial charge in [0.1, 0.15) is 12.4 Å². The van der Waals surface area contributed by atoms with Gasteiger partial charge in [-0.15, -0.1) is 0 Å². The van der Waals surface area contributed by atoms with Gasteiger partial charge in [-0.05, 0) is 91.0 Å². The van der Waals surface area contributed by atoms with Crippen molar-refractivity contribution in [1.29, 1.82) is 10.5 Å². The van der Waals surface area contributed by atoms with Crippen molar-refractivity contribution in [1.82, 2.24) is 0 Å². The van der Waals surface area contributed by atoms with Gasteiger partial charge < -0.3 is 4.74 Å². The normalized spacial score (nSPS) is 10.9. The molecule has 3 rings (SSSR count). The van der Waals surface area contributed by atoms with E-state index >= 15 is 0 Å². The predicted molar refractivity (Wildman–Crippen MR) is 122 cm³/mol. The molecule has 0 radical (unpaired) electrons. The highest BCUT2D eigenvalue weighted by Crippen LogP contribution is 2.36. The maximum atomic E-state index is 9.57. The quantitative estimate of drug-likeness (QED) is 0.256. The molecule has 0 saturated carbocycles. The van der Waals surface area contributed by atoms with E-state index in [4.69, 9.17) is 21.6 Å². The van der Waals surface area contributed by atoms with Gasteiger partial charge in [0.05, 0.1) is 32.2 Å². The van der Waals surface area contributed by atoms with E-state index in [0.717, 1.165) is 20.1 Å². The Morgan fingerprint density at radius 3 is 2.31 bits per heavy atom. The van der Waals surface area contributed by atoms with Gasteiger partial charge in [-0.2, -0.15) is 10.5 Å². The minimum Gasteiger partial charge on any atom is -0.487 e. The maximum Gasteiger partial charge on any atom is 0.148 e. The van der Waals surface area contributed by atoms with Gasteiger partial charge in [0, 0.05) is 5.02 Å². The van der Waals surface area contributed by atoms with Crippen molar-refractivity contribution in [3.05, 3.63) is 96.9 Å². The fourth-order valence-corrected chi connectivity index (χ4v) is 4.22. The summed E-state index contributed by atoms with van der Waals surface area (Å²) in [7, 11) is 0. The number of allylic oxidation sites excluding steroid dienone is 1. The second-order valence-electron chi connectivity index (χ2n) is 6.09. The minimum atomic E-state index is 0.397. The Morgan fingerprint density at radius 1 is 1.00 bits per heavy atom. The lowest BCUT2D eigenvalue weighted by Crippen LogP contribution is -1.97. The van der Waals surface area contributed by atoms with E-state index in [-0.39, 0.29) is 0 Å². The van der Waals surface area contributed by atoms with Gasteiger partial charge >= 0.3 is 0 Å². The monoisotopic (exact) mass is 526 g/mol. The maximum absolute atomic E-state index is 9.57. The number of rotatable bonds is 5. The van der Waals surface area contributed by atoms with Crippen molar-refractivity contribution < 1.29 is 4.74 Å². The van der Waals surface area contributed by atoms with Crippen molar-refractivity contribution in [2.45, 2.75) is 6.61 Å². The minimum absolute atomic E-state index is 0.397. The Balaban J connectivity index is 1.85. The zero-order valence-corrected chi connectivity index (χ0v) is 18.9. The second-order valence-corrected chi connectivity index (χ2v) is 8.24. The Bertz CT molecular complexity index is 1140. The number of nitriles is 2. The number of hydrogen-bond acceptors (Lipinski definition) is 3. The lowest BCUT2D eigenvalue weighted by Gasteiger charge is -2.12. The number of hydrogen-bond donors (Lipinski definition) is 0. The topological polar surface area (TPSA) is 56.8 Å². The molecule has 0 atom stereocenters. The summed E-state index contributed by atoms with van der Waals surface area (Å²) in [6, 6.07) is 22.5. The molecule has 0 amide bonds. The van der Waals surface area contributed by atoms with Gasteiger partial charge in [0.25, 0.3) is 0 Å². The first-order valence-corrected chi connectivity index (χ1v) is 10.4. The van der Waals surface area contributed by atoms with Crippen LogP contribution in [-0.4, -0.2) is 0 Å². The molecule has 0 saturated heterocycles. The van der Waals surface area contributed by atoms with Gasteiger partial charge in [0.15, 0.2) is 0 Å². The molecule has 29 heavy (non-hydrogen) atoms. The van der Waals surface area contributed by atoms with E-state index in [1.165, 1.54) is 0 Å². The Labute approximate surface area is 191 Å². The summed E-state index contributed by atoms with van der Waals surface area (Å²) >= 11 is 13.0. The summed E-state index contributed by atoms with van der Waals surface area (Å²) in [5.74, 6) is 0.669. The van der Waals surface area contributed by atoms with E-state index < -0.39 is 0 Å². The van der Waals surface area contributed by atoms with Crippen molar-refractivity contribution in [2.75, 3.05) is 0 Å². The van der Waals surface area contributed by atoms with Gasteiger partial charge in [-0.3, -0.25) is 0 Å². The highest BCUT2D eigenvalue weighted by Gasteiger charge is 2.10. The second kappa shape index (κ2) is 9.76. The fraction of sp³-hybridized carbons (Fsp3) is 0.0435. The highest BCUT2D eigenvalue weighted by molar-refractivity contribution is 9.11. The molecular weight excluding hydrogens is 516 g/mol. The van der Waals surface area contributed by atoms with Crippen molar-refractivity contribution in [3.63, 3.8) is 0 Å². The van der Waals surface area contributed by atoms with Crippen LogP contribution in [0.25, 0.3) is 11.6 Å². The number of benzene rings is 3. The van der Waals surface area contributed by atoms with Crippen LogP contribution in [0.4, 0.5) is 0 Å². The summed E-state index contributed by atoms with van der Waals surface area (Å²) in [4.78, 5) is 0. The first-order chi connectivity index (χ1) is 14.0. The van der Waals surface area contributed by atoms with Crippen LogP contribution in [0.2, 0.25) is 5.02 Å². The van der Waals surface area contributed by atoms with Gasteiger partial charge in [0.2, 0.25) is 0 Å². The molecule has 0 heterocycles. The lowest BCUT2D eigenvalue weighted by atomic mass is 10.0. The number of halogens is 3. The molecule has 3 aromatic rings. The van der Waals surface area contributed by atoms with Gasteiger partial charge in [-0.1, -0.05) is 35.9 Å². The Morgan fingerprint density at radius 2 is 1.69 bits per heavy atom. The fourth-order valence-electron chi connectivity index (χ4n) is 2.64. The molecule has 3 nitrogen and oxygen atoms in total. The van der Waals surface area contributed by atoms with Gasteiger partial charge in [-0.25, -0.2) is 0 Å². The molecule has 3 aromatic carbocycles. The molecule has 0 aromatic heterocycles. The Hall–Kier alpha value is -2.57. The summed E-state index contributed by atoms with van der Waals surface area (Å²) in [6.07, 6.45) is 1.77. The highest BCUT2D eigenvalue weighted by atomic mass is 79.9. The average molecular weight is 529 g/mol. The summed E-state index contributed by atoms with van der Waals surface area (Å²) in [6.45, 7) is 0.397. The molecule has 0 bridgehead atoms. The SMILES string of the molecule is N#CC(=Cc1cc(Br)c(OCc2ccc(Cl)cc2)c(Br)c1)c1cccc(C#N)c1. The van der Waals surface area contributed by atoms with E-state index in [1.807, 2.05) is 42.5 Å². The molecule has 0 spiro atoms. The molecule has 0 N–H and O–H groups in total. The van der Waals surface area contributed by atoms with Crippen LogP contribution >= 0.6 is 43.5 Å². The van der Waals surface area contributed by atoms with Crippen LogP contribution in [0, 0.1) is 22.7 Å². The first-order valence-electron chi connectivity index (χ1n) is 8.49. The summed E-state index contributed by atoms with van der Waals surface area (Å²) in [5, 5.41) is 19.3. The molecule has 0 aliphatic carbocycles. The lowest BCUT2D eigenvalue weighted by molar-refractivity contribution is 0.302. The van der Waals surface area contributed by atoms with Crippen LogP contribution in [0.15, 0.2) is 69.6 Å².